The van der Waals surface area contributed by atoms with E-state index in [0.29, 0.717) is 28.0 Å². The molecule has 1 aliphatic heterocycles. The molecule has 3 heterocycles. The Morgan fingerprint density at radius 3 is 2.54 bits per heavy atom. The topological polar surface area (TPSA) is 112 Å². The molecule has 1 amide bonds. The summed E-state index contributed by atoms with van der Waals surface area (Å²) in [6.45, 7) is 2.05. The molecule has 0 saturated carbocycles. The van der Waals surface area contributed by atoms with Gasteiger partial charge in [0.1, 0.15) is 12.1 Å². The number of ether oxygens (including phenoxy) is 1. The van der Waals surface area contributed by atoms with Crippen molar-refractivity contribution in [3.05, 3.63) is 75.3 Å². The summed E-state index contributed by atoms with van der Waals surface area (Å²) in [6, 6.07) is 8.29. The third kappa shape index (κ3) is 4.87. The van der Waals surface area contributed by atoms with Gasteiger partial charge in [-0.15, -0.1) is 5.53 Å². The van der Waals surface area contributed by atoms with E-state index in [1.54, 1.807) is 54.8 Å². The zero-order chi connectivity index (χ0) is 27.1. The molecule has 0 aliphatic carbocycles. The summed E-state index contributed by atoms with van der Waals surface area (Å²) >= 11 is 6.57. The van der Waals surface area contributed by atoms with Crippen LogP contribution in [-0.4, -0.2) is 52.9 Å². The van der Waals surface area contributed by atoms with Crippen LogP contribution in [0.4, 0.5) is 13.2 Å². The second-order valence-electron chi connectivity index (χ2n) is 8.48. The maximum atomic E-state index is 12.7. The lowest BCUT2D eigenvalue weighted by Gasteiger charge is -2.34. The molecule has 4 rings (SSSR count). The Labute approximate surface area is 215 Å². The summed E-state index contributed by atoms with van der Waals surface area (Å²) in [5.74, 6) is -1.33. The van der Waals surface area contributed by atoms with Crippen molar-refractivity contribution in [2.45, 2.75) is 25.6 Å². The van der Waals surface area contributed by atoms with Gasteiger partial charge in [0.25, 0.3) is 5.91 Å². The average molecular weight is 537 g/mol. The number of aromatic nitrogens is 2. The molecule has 0 fully saturated rings. The largest absolute Gasteiger partial charge is 0.480 e. The molecule has 196 valence electrons. The van der Waals surface area contributed by atoms with Crippen LogP contribution in [0.15, 0.2) is 42.2 Å². The molecule has 1 atom stereocenters. The summed E-state index contributed by atoms with van der Waals surface area (Å²) in [5.41, 5.74) is 6.55. The fourth-order valence-corrected chi connectivity index (χ4v) is 4.57. The SMILES string of the molecule is COc1nc2ccc(C(O)(C3=CNNN3C)c3ccc(C)nc3C)cc2c(Cl)c1C(=O)NCC(F)(F)F. The monoisotopic (exact) mass is 536 g/mol. The van der Waals surface area contributed by atoms with Gasteiger partial charge in [-0.05, 0) is 37.6 Å². The van der Waals surface area contributed by atoms with E-state index in [9.17, 15) is 23.1 Å². The van der Waals surface area contributed by atoms with Crippen LogP contribution in [0.5, 0.6) is 5.88 Å². The number of methoxy groups -OCH3 is 1. The summed E-state index contributed by atoms with van der Waals surface area (Å²) in [5, 5.41) is 15.7. The van der Waals surface area contributed by atoms with E-state index in [4.69, 9.17) is 16.3 Å². The quantitative estimate of drug-likeness (QED) is 0.380. The van der Waals surface area contributed by atoms with Gasteiger partial charge in [-0.2, -0.15) is 13.2 Å². The van der Waals surface area contributed by atoms with Crippen molar-refractivity contribution < 1.29 is 27.8 Å². The molecular formula is C24H24ClF3N6O3. The van der Waals surface area contributed by atoms with Gasteiger partial charge in [-0.1, -0.05) is 23.7 Å². The number of hydrogen-bond donors (Lipinski definition) is 4. The van der Waals surface area contributed by atoms with Crippen LogP contribution in [0.3, 0.4) is 0 Å². The van der Waals surface area contributed by atoms with Crippen molar-refractivity contribution in [3.8, 4) is 5.88 Å². The van der Waals surface area contributed by atoms with Crippen LogP contribution in [0, 0.1) is 13.8 Å². The molecule has 3 aromatic rings. The Morgan fingerprint density at radius 2 is 1.95 bits per heavy atom. The highest BCUT2D eigenvalue weighted by Crippen LogP contribution is 2.42. The van der Waals surface area contributed by atoms with Crippen molar-refractivity contribution in [2.75, 3.05) is 20.7 Å². The zero-order valence-corrected chi connectivity index (χ0v) is 21.0. The first-order chi connectivity index (χ1) is 17.4. The maximum absolute atomic E-state index is 12.7. The Morgan fingerprint density at radius 1 is 1.22 bits per heavy atom. The Balaban J connectivity index is 1.93. The molecule has 0 spiro atoms. The molecule has 1 aromatic carbocycles. The highest BCUT2D eigenvalue weighted by atomic mass is 35.5. The van der Waals surface area contributed by atoms with Gasteiger partial charge in [0.05, 0.1) is 23.3 Å². The van der Waals surface area contributed by atoms with E-state index in [-0.39, 0.29) is 21.9 Å². The molecule has 9 nitrogen and oxygen atoms in total. The lowest BCUT2D eigenvalue weighted by atomic mass is 9.82. The molecule has 0 radical (unpaired) electrons. The van der Waals surface area contributed by atoms with E-state index < -0.39 is 24.2 Å². The van der Waals surface area contributed by atoms with Crippen molar-refractivity contribution >= 4 is 28.4 Å². The summed E-state index contributed by atoms with van der Waals surface area (Å²) in [7, 11) is 2.94. The number of aliphatic hydroxyl groups is 1. The van der Waals surface area contributed by atoms with Crippen LogP contribution in [-0.2, 0) is 5.60 Å². The third-order valence-electron chi connectivity index (χ3n) is 5.96. The predicted octanol–water partition coefficient (Wildman–Crippen LogP) is 3.23. The highest BCUT2D eigenvalue weighted by molar-refractivity contribution is 6.38. The van der Waals surface area contributed by atoms with Gasteiger partial charge in [0, 0.05) is 35.6 Å². The van der Waals surface area contributed by atoms with E-state index in [0.717, 1.165) is 5.69 Å². The molecule has 37 heavy (non-hydrogen) atoms. The fourth-order valence-electron chi connectivity index (χ4n) is 4.25. The number of pyridine rings is 2. The molecular weight excluding hydrogens is 513 g/mol. The van der Waals surface area contributed by atoms with Gasteiger partial charge in [-0.25, -0.2) is 4.98 Å². The first kappa shape index (κ1) is 26.5. The van der Waals surface area contributed by atoms with Gasteiger partial charge < -0.3 is 20.6 Å². The van der Waals surface area contributed by atoms with Crippen LogP contribution < -0.4 is 21.0 Å². The average Bonchev–Trinajstić information content (AvgIpc) is 3.27. The molecule has 1 unspecified atom stereocenters. The number of nitrogens with one attached hydrogen (secondary N) is 3. The standard InChI is InChI=1S/C24H24ClF3N6O3/c1-12-5-7-16(13(2)31-12)24(36,18-10-30-33-34(18)3)14-6-8-17-15(9-14)20(25)19(22(32-17)37-4)21(35)29-11-23(26,27)28/h5-10,30,33,36H,11H2,1-4H3,(H,29,35). The number of carbonyl (C=O) groups is 1. The first-order valence-electron chi connectivity index (χ1n) is 11.0. The van der Waals surface area contributed by atoms with Crippen molar-refractivity contribution in [2.24, 2.45) is 0 Å². The second kappa shape index (κ2) is 9.69. The van der Waals surface area contributed by atoms with E-state index >= 15 is 0 Å². The summed E-state index contributed by atoms with van der Waals surface area (Å²) < 4.78 is 43.3. The Bertz CT molecular complexity index is 1410. The van der Waals surface area contributed by atoms with Gasteiger partial charge in [0.15, 0.2) is 5.60 Å². The smallest absolute Gasteiger partial charge is 0.405 e. The summed E-state index contributed by atoms with van der Waals surface area (Å²) in [6.07, 6.45) is -3.03. The van der Waals surface area contributed by atoms with E-state index in [1.165, 1.54) is 13.2 Å². The predicted molar refractivity (Wildman–Crippen MR) is 131 cm³/mol. The van der Waals surface area contributed by atoms with Gasteiger partial charge >= 0.3 is 6.18 Å². The minimum Gasteiger partial charge on any atom is -0.480 e. The lowest BCUT2D eigenvalue weighted by Crippen LogP contribution is -2.42. The van der Waals surface area contributed by atoms with Crippen molar-refractivity contribution in [3.63, 3.8) is 0 Å². The van der Waals surface area contributed by atoms with Crippen LogP contribution >= 0.6 is 11.6 Å². The fraction of sp³-hybridized carbons (Fsp3) is 0.292. The van der Waals surface area contributed by atoms with Crippen LogP contribution in [0.1, 0.15) is 32.9 Å². The molecule has 0 saturated heterocycles. The number of benzene rings is 1. The number of hydrogen-bond acceptors (Lipinski definition) is 8. The summed E-state index contributed by atoms with van der Waals surface area (Å²) in [4.78, 5) is 21.4. The molecule has 2 aromatic heterocycles. The number of alkyl halides is 3. The number of likely N-dealkylation sites (N-methyl/N-ethyl adjacent to an activating group) is 1. The minimum absolute atomic E-state index is 0.172. The van der Waals surface area contributed by atoms with Gasteiger partial charge in [-0.3, -0.25) is 14.8 Å². The van der Waals surface area contributed by atoms with E-state index in [1.807, 2.05) is 6.92 Å². The second-order valence-corrected chi connectivity index (χ2v) is 8.86. The number of hydrazine groups is 2. The molecule has 13 heteroatoms. The Kier molecular flexibility index (Phi) is 6.93. The number of halogens is 4. The zero-order valence-electron chi connectivity index (χ0n) is 20.3. The normalized spacial score (nSPS) is 15.3. The number of aryl methyl sites for hydroxylation is 2. The lowest BCUT2D eigenvalue weighted by molar-refractivity contribution is -0.123. The maximum Gasteiger partial charge on any atom is 0.405 e. The Hall–Kier alpha value is -3.61. The third-order valence-corrected chi connectivity index (χ3v) is 6.36. The number of amides is 1. The number of rotatable bonds is 6. The molecule has 4 N–H and O–H groups in total. The van der Waals surface area contributed by atoms with Crippen LogP contribution in [0.2, 0.25) is 5.02 Å². The molecule has 1 aliphatic rings. The number of nitrogens with zero attached hydrogens (tertiary/aromatic N) is 3. The van der Waals surface area contributed by atoms with Crippen LogP contribution in [0.25, 0.3) is 10.9 Å². The molecule has 0 bridgehead atoms. The van der Waals surface area contributed by atoms with Gasteiger partial charge in [0.2, 0.25) is 5.88 Å². The van der Waals surface area contributed by atoms with E-state index in [2.05, 4.69) is 20.9 Å². The highest BCUT2D eigenvalue weighted by Gasteiger charge is 2.42. The number of fused-ring (bicyclic) bond motifs is 1. The first-order valence-corrected chi connectivity index (χ1v) is 11.4. The number of carbonyl (C=O) groups excluding carboxylic acids is 1. The van der Waals surface area contributed by atoms with Crippen molar-refractivity contribution in [1.29, 1.82) is 0 Å². The minimum atomic E-state index is -4.62. The van der Waals surface area contributed by atoms with Crippen molar-refractivity contribution in [1.82, 2.24) is 31.3 Å².